The zero-order valence-electron chi connectivity index (χ0n) is 12.8. The predicted molar refractivity (Wildman–Crippen MR) is 81.8 cm³/mol. The Morgan fingerprint density at radius 2 is 2.05 bits per heavy atom. The molecule has 1 aliphatic rings. The number of hydrogen-bond donors (Lipinski definition) is 0. The molecule has 0 saturated carbocycles. The fraction of sp³-hybridized carbons (Fsp3) is 0.643. The van der Waals surface area contributed by atoms with Crippen molar-refractivity contribution in [1.82, 2.24) is 4.31 Å². The van der Waals surface area contributed by atoms with E-state index < -0.39 is 27.6 Å². The van der Waals surface area contributed by atoms with E-state index in [2.05, 4.69) is 0 Å². The molecule has 1 atom stereocenters. The monoisotopic (exact) mass is 331 g/mol. The first-order chi connectivity index (χ1) is 9.61. The second-order valence-electron chi connectivity index (χ2n) is 6.17. The van der Waals surface area contributed by atoms with Crippen LogP contribution < -0.4 is 0 Å². The molecule has 0 radical (unpaired) electrons. The highest BCUT2D eigenvalue weighted by atomic mass is 32.2. The van der Waals surface area contributed by atoms with Gasteiger partial charge in [0.05, 0.1) is 0 Å². The highest BCUT2D eigenvalue weighted by Gasteiger charge is 2.41. The minimum Gasteiger partial charge on any atom is -0.459 e. The number of ether oxygens (including phenoxy) is 1. The summed E-state index contributed by atoms with van der Waals surface area (Å²) < 4.78 is 32.2. The molecular formula is C14H21NO4S2. The molecular weight excluding hydrogens is 310 g/mol. The van der Waals surface area contributed by atoms with E-state index in [1.165, 1.54) is 15.6 Å². The molecule has 0 aromatic carbocycles. The maximum Gasteiger partial charge on any atom is 0.324 e. The van der Waals surface area contributed by atoms with Gasteiger partial charge in [0, 0.05) is 11.4 Å². The Bertz CT molecular complexity index is 628. The average Bonchev–Trinajstić information content (AvgIpc) is 2.94. The maximum absolute atomic E-state index is 12.7. The van der Waals surface area contributed by atoms with Gasteiger partial charge in [-0.3, -0.25) is 4.79 Å². The van der Waals surface area contributed by atoms with E-state index in [9.17, 15) is 13.2 Å². The lowest BCUT2D eigenvalue weighted by atomic mass is 10.2. The van der Waals surface area contributed by atoms with Crippen LogP contribution in [0, 0.1) is 6.92 Å². The number of aryl methyl sites for hydroxylation is 1. The molecule has 1 aliphatic heterocycles. The van der Waals surface area contributed by atoms with Crippen LogP contribution in [-0.2, 0) is 19.6 Å². The zero-order chi connectivity index (χ0) is 15.8. The number of carbonyl (C=O) groups is 1. The minimum atomic E-state index is -3.62. The lowest BCUT2D eigenvalue weighted by molar-refractivity contribution is -0.158. The molecule has 0 aliphatic carbocycles. The summed E-state index contributed by atoms with van der Waals surface area (Å²) in [6, 6.07) is 2.66. The fourth-order valence-electron chi connectivity index (χ4n) is 2.30. The standard InChI is InChI=1S/C14H21NO4S2/c1-10-7-8-12(20-10)21(17,18)15-9-5-6-11(15)13(16)19-14(2,3)4/h7-8,11H,5-6,9H2,1-4H3/t11-/m1/s1. The van der Waals surface area contributed by atoms with Crippen molar-refractivity contribution in [3.63, 3.8) is 0 Å². The SMILES string of the molecule is Cc1ccc(S(=O)(=O)N2CCC[C@@H]2C(=O)OC(C)(C)C)s1. The molecule has 1 aromatic heterocycles. The van der Waals surface area contributed by atoms with Crippen molar-refractivity contribution in [3.8, 4) is 0 Å². The van der Waals surface area contributed by atoms with Gasteiger partial charge in [-0.2, -0.15) is 4.31 Å². The second-order valence-corrected chi connectivity index (χ2v) is 9.58. The molecule has 1 aromatic rings. The molecule has 0 unspecified atom stereocenters. The van der Waals surface area contributed by atoms with Gasteiger partial charge in [0.25, 0.3) is 10.0 Å². The summed E-state index contributed by atoms with van der Waals surface area (Å²) in [6.45, 7) is 7.56. The third kappa shape index (κ3) is 3.64. The van der Waals surface area contributed by atoms with Gasteiger partial charge in [0.2, 0.25) is 0 Å². The van der Waals surface area contributed by atoms with Crippen LogP contribution in [-0.4, -0.2) is 36.9 Å². The van der Waals surface area contributed by atoms with Gasteiger partial charge < -0.3 is 4.74 Å². The van der Waals surface area contributed by atoms with Crippen molar-refractivity contribution < 1.29 is 17.9 Å². The number of carbonyl (C=O) groups excluding carboxylic acids is 1. The summed E-state index contributed by atoms with van der Waals surface area (Å²) in [6.07, 6.45) is 1.19. The highest BCUT2D eigenvalue weighted by Crippen LogP contribution is 2.31. The average molecular weight is 331 g/mol. The number of rotatable bonds is 3. The van der Waals surface area contributed by atoms with Crippen LogP contribution in [0.15, 0.2) is 16.3 Å². The van der Waals surface area contributed by atoms with Gasteiger partial charge in [-0.15, -0.1) is 11.3 Å². The molecule has 0 amide bonds. The lowest BCUT2D eigenvalue weighted by Gasteiger charge is -2.26. The Morgan fingerprint density at radius 1 is 1.38 bits per heavy atom. The molecule has 118 valence electrons. The summed E-state index contributed by atoms with van der Waals surface area (Å²) >= 11 is 1.23. The molecule has 7 heteroatoms. The van der Waals surface area contributed by atoms with E-state index in [0.29, 0.717) is 19.4 Å². The molecule has 0 bridgehead atoms. The Labute approximate surface area is 130 Å². The second kappa shape index (κ2) is 5.70. The first-order valence-corrected chi connectivity index (χ1v) is 9.18. The first-order valence-electron chi connectivity index (χ1n) is 6.92. The Morgan fingerprint density at radius 3 is 2.57 bits per heavy atom. The number of esters is 1. The van der Waals surface area contributed by atoms with Crippen LogP contribution in [0.3, 0.4) is 0 Å². The van der Waals surface area contributed by atoms with E-state index in [-0.39, 0.29) is 4.21 Å². The van der Waals surface area contributed by atoms with Crippen molar-refractivity contribution in [2.75, 3.05) is 6.54 Å². The molecule has 0 N–H and O–H groups in total. The van der Waals surface area contributed by atoms with Gasteiger partial charge in [-0.25, -0.2) is 8.42 Å². The number of sulfonamides is 1. The van der Waals surface area contributed by atoms with Crippen molar-refractivity contribution in [2.24, 2.45) is 0 Å². The summed E-state index contributed by atoms with van der Waals surface area (Å²) in [5.41, 5.74) is -0.616. The fourth-order valence-corrected chi connectivity index (χ4v) is 5.36. The van der Waals surface area contributed by atoms with Crippen molar-refractivity contribution in [3.05, 3.63) is 17.0 Å². The van der Waals surface area contributed by atoms with Crippen LogP contribution in [0.2, 0.25) is 0 Å². The maximum atomic E-state index is 12.7. The summed E-state index contributed by atoms with van der Waals surface area (Å²) in [4.78, 5) is 13.2. The molecule has 0 spiro atoms. The third-order valence-electron chi connectivity index (χ3n) is 3.16. The summed E-state index contributed by atoms with van der Waals surface area (Å²) in [7, 11) is -3.62. The van der Waals surface area contributed by atoms with Crippen LogP contribution in [0.5, 0.6) is 0 Å². The molecule has 21 heavy (non-hydrogen) atoms. The van der Waals surface area contributed by atoms with E-state index in [1.54, 1.807) is 32.9 Å². The van der Waals surface area contributed by atoms with Gasteiger partial charge in [0.1, 0.15) is 15.9 Å². The quantitative estimate of drug-likeness (QED) is 0.799. The van der Waals surface area contributed by atoms with E-state index >= 15 is 0 Å². The van der Waals surface area contributed by atoms with E-state index in [4.69, 9.17) is 4.74 Å². The van der Waals surface area contributed by atoms with Gasteiger partial charge >= 0.3 is 5.97 Å². The number of thiophene rings is 1. The van der Waals surface area contributed by atoms with Gasteiger partial charge in [-0.05, 0) is 52.7 Å². The zero-order valence-corrected chi connectivity index (χ0v) is 14.4. The van der Waals surface area contributed by atoms with Crippen molar-refractivity contribution >= 4 is 27.3 Å². The lowest BCUT2D eigenvalue weighted by Crippen LogP contribution is -2.43. The molecule has 1 saturated heterocycles. The normalized spacial score (nSPS) is 20.7. The van der Waals surface area contributed by atoms with E-state index in [0.717, 1.165) is 4.88 Å². The molecule has 5 nitrogen and oxygen atoms in total. The Balaban J connectivity index is 2.24. The van der Waals surface area contributed by atoms with Gasteiger partial charge in [-0.1, -0.05) is 0 Å². The first kappa shape index (κ1) is 16.5. The van der Waals surface area contributed by atoms with Gasteiger partial charge in [0.15, 0.2) is 0 Å². The predicted octanol–water partition coefficient (Wildman–Crippen LogP) is 2.55. The molecule has 2 rings (SSSR count). The largest absolute Gasteiger partial charge is 0.459 e. The van der Waals surface area contributed by atoms with Crippen LogP contribution in [0.1, 0.15) is 38.5 Å². The molecule has 1 fully saturated rings. The van der Waals surface area contributed by atoms with Crippen molar-refractivity contribution in [2.45, 2.75) is 56.4 Å². The molecule has 2 heterocycles. The highest BCUT2D eigenvalue weighted by molar-refractivity contribution is 7.91. The van der Waals surface area contributed by atoms with Crippen molar-refractivity contribution in [1.29, 1.82) is 0 Å². The Kier molecular flexibility index (Phi) is 4.46. The summed E-state index contributed by atoms with van der Waals surface area (Å²) in [5, 5.41) is 0. The van der Waals surface area contributed by atoms with Crippen LogP contribution >= 0.6 is 11.3 Å². The topological polar surface area (TPSA) is 63.7 Å². The summed E-state index contributed by atoms with van der Waals surface area (Å²) in [5.74, 6) is -0.461. The van der Waals surface area contributed by atoms with E-state index in [1.807, 2.05) is 6.92 Å². The van der Waals surface area contributed by atoms with Crippen LogP contribution in [0.25, 0.3) is 0 Å². The van der Waals surface area contributed by atoms with Crippen LogP contribution in [0.4, 0.5) is 0 Å². The third-order valence-corrected chi connectivity index (χ3v) is 6.54. The Hall–Kier alpha value is -0.920. The minimum absolute atomic E-state index is 0.287. The smallest absolute Gasteiger partial charge is 0.324 e. The number of nitrogens with zero attached hydrogens (tertiary/aromatic N) is 1. The number of hydrogen-bond acceptors (Lipinski definition) is 5.